The monoisotopic (exact) mass is 826 g/mol. The van der Waals surface area contributed by atoms with Gasteiger partial charge in [-0.05, 0) is 18.0 Å². The molecule has 0 spiro atoms. The third-order valence-electron chi connectivity index (χ3n) is 7.96. The van der Waals surface area contributed by atoms with Crippen molar-refractivity contribution in [3.63, 3.8) is 0 Å². The van der Waals surface area contributed by atoms with Gasteiger partial charge < -0.3 is 20.0 Å². The molecule has 2 aliphatic rings. The van der Waals surface area contributed by atoms with Gasteiger partial charge in [0.25, 0.3) is 23.6 Å². The standard InChI is InChI=1S/C32H42Cl4N6O11/c33-13-1-14-37(15-6-22(34)43)25(46)11-20-41(31(52)9-18-39-27(48)2-3-28(39)49)42(32(53)10-19-40-29(50)4-5-30(40)51)21-12-26(47)38(16-7-23(35)44)17-8-24(36)45/h2-5,23-24,44-45H,1,6-21H2. The van der Waals surface area contributed by atoms with E-state index in [9.17, 15) is 53.4 Å². The number of amides is 8. The van der Waals surface area contributed by atoms with Crippen molar-refractivity contribution in [3.8, 4) is 0 Å². The van der Waals surface area contributed by atoms with Crippen molar-refractivity contribution in [2.24, 2.45) is 0 Å². The maximum Gasteiger partial charge on any atom is 0.253 e. The number of carbonyl (C=O) groups excluding carboxylic acids is 9. The van der Waals surface area contributed by atoms with Crippen LogP contribution in [-0.4, -0.2) is 162 Å². The molecule has 0 radical (unpaired) electrons. The molecule has 0 aromatic carbocycles. The third-order valence-corrected chi connectivity index (χ3v) is 8.85. The molecule has 2 unspecified atom stereocenters. The van der Waals surface area contributed by atoms with Crippen LogP contribution in [0.1, 0.15) is 51.4 Å². The van der Waals surface area contributed by atoms with Crippen LogP contribution in [0.25, 0.3) is 0 Å². The van der Waals surface area contributed by atoms with Gasteiger partial charge in [-0.15, -0.1) is 11.6 Å². The summed E-state index contributed by atoms with van der Waals surface area (Å²) in [5.41, 5.74) is -2.59. The first-order chi connectivity index (χ1) is 25.0. The van der Waals surface area contributed by atoms with Crippen molar-refractivity contribution >= 4 is 98.9 Å². The number of rotatable bonds is 24. The zero-order chi connectivity index (χ0) is 39.7. The molecule has 2 rings (SSSR count). The van der Waals surface area contributed by atoms with Gasteiger partial charge in [0.2, 0.25) is 28.9 Å². The van der Waals surface area contributed by atoms with Gasteiger partial charge in [0.15, 0.2) is 0 Å². The Morgan fingerprint density at radius 2 is 0.943 bits per heavy atom. The van der Waals surface area contributed by atoms with E-state index < -0.39 is 102 Å². The molecule has 2 N–H and O–H groups in total. The van der Waals surface area contributed by atoms with E-state index in [1.54, 1.807) is 0 Å². The molecule has 21 heteroatoms. The summed E-state index contributed by atoms with van der Waals surface area (Å²) in [6, 6.07) is 0. The maximum atomic E-state index is 13.9. The highest BCUT2D eigenvalue weighted by Crippen LogP contribution is 2.15. The van der Waals surface area contributed by atoms with Crippen molar-refractivity contribution in [1.82, 2.24) is 29.6 Å². The van der Waals surface area contributed by atoms with Crippen LogP contribution >= 0.6 is 46.4 Å². The Balaban J connectivity index is 2.43. The summed E-state index contributed by atoms with van der Waals surface area (Å²) in [6.45, 7) is -1.70. The molecule has 2 heterocycles. The predicted molar refractivity (Wildman–Crippen MR) is 191 cm³/mol. The molecular weight excluding hydrogens is 786 g/mol. The summed E-state index contributed by atoms with van der Waals surface area (Å²) < 4.78 is 0. The fourth-order valence-corrected chi connectivity index (χ4v) is 5.58. The second kappa shape index (κ2) is 23.2. The lowest BCUT2D eigenvalue weighted by atomic mass is 10.2. The number of hydrogen-bond acceptors (Lipinski definition) is 11. The average molecular weight is 829 g/mol. The highest BCUT2D eigenvalue weighted by Gasteiger charge is 2.32. The molecule has 17 nitrogen and oxygen atoms in total. The van der Waals surface area contributed by atoms with Crippen LogP contribution in [-0.2, 0) is 43.2 Å². The molecule has 0 aliphatic carbocycles. The quantitative estimate of drug-likeness (QED) is 0.0585. The van der Waals surface area contributed by atoms with Crippen LogP contribution in [0.15, 0.2) is 24.3 Å². The van der Waals surface area contributed by atoms with E-state index in [1.165, 1.54) is 9.80 Å². The molecule has 0 aromatic rings. The largest absolute Gasteiger partial charge is 0.378 e. The minimum absolute atomic E-state index is 0.0503. The zero-order valence-corrected chi connectivity index (χ0v) is 31.8. The van der Waals surface area contributed by atoms with E-state index in [2.05, 4.69) is 0 Å². The third kappa shape index (κ3) is 15.7. The Hall–Kier alpha value is -3.61. The molecule has 0 aromatic heterocycles. The number of aliphatic hydroxyl groups excluding tert-OH is 2. The van der Waals surface area contributed by atoms with Gasteiger partial charge in [-0.25, -0.2) is 0 Å². The highest BCUT2D eigenvalue weighted by molar-refractivity contribution is 6.63. The number of carbonyl (C=O) groups is 9. The van der Waals surface area contributed by atoms with E-state index in [4.69, 9.17) is 46.4 Å². The minimum Gasteiger partial charge on any atom is -0.378 e. The predicted octanol–water partition coefficient (Wildman–Crippen LogP) is 0.305. The van der Waals surface area contributed by atoms with Crippen LogP contribution in [0, 0.1) is 0 Å². The van der Waals surface area contributed by atoms with Gasteiger partial charge in [-0.3, -0.25) is 63.0 Å². The molecule has 8 amide bonds. The van der Waals surface area contributed by atoms with Gasteiger partial charge in [0.1, 0.15) is 11.1 Å². The van der Waals surface area contributed by atoms with Crippen molar-refractivity contribution < 1.29 is 53.4 Å². The smallest absolute Gasteiger partial charge is 0.253 e. The summed E-state index contributed by atoms with van der Waals surface area (Å²) >= 11 is 22.6. The van der Waals surface area contributed by atoms with E-state index in [1.807, 2.05) is 0 Å². The van der Waals surface area contributed by atoms with Crippen LogP contribution < -0.4 is 0 Å². The SMILES string of the molecule is O=C(Cl)CCN(CCCCl)C(=O)CCN(C(=O)CCN1C(=O)C=CC1=O)N(CCC(=O)N(CCC(O)Cl)CCC(O)Cl)C(=O)CCN1C(=O)C=CC1=O. The molecule has 53 heavy (non-hydrogen) atoms. The van der Waals surface area contributed by atoms with Gasteiger partial charge in [-0.1, -0.05) is 23.2 Å². The van der Waals surface area contributed by atoms with Crippen LogP contribution in [0.2, 0.25) is 0 Å². The lowest BCUT2D eigenvalue weighted by Crippen LogP contribution is -2.53. The number of imide groups is 2. The first-order valence-electron chi connectivity index (χ1n) is 16.7. The Kier molecular flexibility index (Phi) is 20.0. The van der Waals surface area contributed by atoms with Crippen molar-refractivity contribution in [2.75, 3.05) is 58.2 Å². The van der Waals surface area contributed by atoms with Gasteiger partial charge in [0, 0.05) is 114 Å². The lowest BCUT2D eigenvalue weighted by molar-refractivity contribution is -0.167. The Bertz CT molecular complexity index is 1400. The summed E-state index contributed by atoms with van der Waals surface area (Å²) in [5, 5.41) is 20.3. The molecular formula is C32H42Cl4N6O11. The first-order valence-corrected chi connectivity index (χ1v) is 18.5. The van der Waals surface area contributed by atoms with Gasteiger partial charge in [-0.2, -0.15) is 0 Å². The fraction of sp³-hybridized carbons (Fsp3) is 0.594. The number of aliphatic hydroxyl groups is 2. The number of hydrogen-bond donors (Lipinski definition) is 2. The average Bonchev–Trinajstić information content (AvgIpc) is 3.60. The molecule has 0 bridgehead atoms. The van der Waals surface area contributed by atoms with E-state index in [0.29, 0.717) is 6.42 Å². The summed E-state index contributed by atoms with van der Waals surface area (Å²) in [6.07, 6.45) is 2.37. The number of alkyl halides is 3. The van der Waals surface area contributed by atoms with Crippen molar-refractivity contribution in [3.05, 3.63) is 24.3 Å². The molecule has 0 saturated carbocycles. The summed E-state index contributed by atoms with van der Waals surface area (Å²) in [5.74, 6) is -5.23. The van der Waals surface area contributed by atoms with E-state index >= 15 is 0 Å². The zero-order valence-electron chi connectivity index (χ0n) is 28.7. The second-order valence-corrected chi connectivity index (χ2v) is 13.5. The van der Waals surface area contributed by atoms with Gasteiger partial charge in [0.05, 0.1) is 13.1 Å². The Morgan fingerprint density at radius 1 is 0.566 bits per heavy atom. The Morgan fingerprint density at radius 3 is 1.28 bits per heavy atom. The molecule has 0 fully saturated rings. The minimum atomic E-state index is -1.29. The molecule has 294 valence electrons. The van der Waals surface area contributed by atoms with E-state index in [0.717, 1.165) is 44.1 Å². The van der Waals surface area contributed by atoms with Crippen LogP contribution in [0.5, 0.6) is 0 Å². The molecule has 0 saturated heterocycles. The fourth-order valence-electron chi connectivity index (χ4n) is 5.18. The van der Waals surface area contributed by atoms with Gasteiger partial charge >= 0.3 is 0 Å². The second-order valence-electron chi connectivity index (χ2n) is 11.7. The first kappa shape index (κ1) is 45.5. The maximum absolute atomic E-state index is 13.9. The lowest BCUT2D eigenvalue weighted by Gasteiger charge is -2.36. The van der Waals surface area contributed by atoms with Crippen LogP contribution in [0.3, 0.4) is 0 Å². The summed E-state index contributed by atoms with van der Waals surface area (Å²) in [7, 11) is 0. The molecule has 2 aliphatic heterocycles. The number of halogens is 4. The van der Waals surface area contributed by atoms with Crippen molar-refractivity contribution in [2.45, 2.75) is 62.5 Å². The van der Waals surface area contributed by atoms with Crippen LogP contribution in [0.4, 0.5) is 0 Å². The topological polar surface area (TPSA) is 214 Å². The Labute approximate surface area is 325 Å². The highest BCUT2D eigenvalue weighted by atomic mass is 35.5. The summed E-state index contributed by atoms with van der Waals surface area (Å²) in [4.78, 5) is 119. The number of nitrogens with zero attached hydrogens (tertiary/aromatic N) is 6. The van der Waals surface area contributed by atoms with E-state index in [-0.39, 0.29) is 64.4 Å². The number of hydrazine groups is 1. The normalized spacial score (nSPS) is 14.9. The molecule has 2 atom stereocenters. The van der Waals surface area contributed by atoms with Crippen molar-refractivity contribution in [1.29, 1.82) is 0 Å².